The fourth-order valence-corrected chi connectivity index (χ4v) is 3.22. The van der Waals surface area contributed by atoms with Crippen LogP contribution in [0.1, 0.15) is 25.3 Å². The van der Waals surface area contributed by atoms with Crippen LogP contribution in [0.2, 0.25) is 0 Å². The lowest BCUT2D eigenvalue weighted by molar-refractivity contribution is -0.192. The molecule has 0 unspecified atom stereocenters. The number of pyridine rings is 1. The lowest BCUT2D eigenvalue weighted by Gasteiger charge is -2.08. The van der Waals surface area contributed by atoms with Gasteiger partial charge in [-0.3, -0.25) is 4.79 Å². The molecule has 4 rings (SSSR count). The maximum atomic E-state index is 13.8. The Kier molecular flexibility index (Phi) is 7.97. The maximum Gasteiger partial charge on any atom is 0.490 e. The number of carboxylic acids is 1. The van der Waals surface area contributed by atoms with Crippen LogP contribution in [0.15, 0.2) is 54.9 Å². The van der Waals surface area contributed by atoms with Crippen LogP contribution in [0.3, 0.4) is 0 Å². The van der Waals surface area contributed by atoms with Crippen LogP contribution < -0.4 is 5.32 Å². The molecule has 0 aliphatic carbocycles. The van der Waals surface area contributed by atoms with E-state index in [0.717, 1.165) is 23.2 Å². The predicted octanol–water partition coefficient (Wildman–Crippen LogP) is 5.28. The lowest BCUT2D eigenvalue weighted by atomic mass is 10.0. The summed E-state index contributed by atoms with van der Waals surface area (Å²) in [4.78, 5) is 29.8. The van der Waals surface area contributed by atoms with Crippen LogP contribution in [0.25, 0.3) is 28.2 Å². The van der Waals surface area contributed by atoms with Crippen LogP contribution >= 0.6 is 0 Å². The molecular formula is C24H21F4N5O3. The molecule has 0 bridgehead atoms. The molecule has 3 aromatic heterocycles. The average Bonchev–Trinajstić information content (AvgIpc) is 3.20. The second kappa shape index (κ2) is 10.9. The van der Waals surface area contributed by atoms with E-state index < -0.39 is 12.1 Å². The van der Waals surface area contributed by atoms with Gasteiger partial charge in [-0.2, -0.15) is 18.3 Å². The molecule has 4 aromatic rings. The topological polar surface area (TPSA) is 109 Å². The maximum absolute atomic E-state index is 13.8. The Morgan fingerprint density at radius 1 is 1.08 bits per heavy atom. The summed E-state index contributed by atoms with van der Waals surface area (Å²) in [7, 11) is 0. The fraction of sp³-hybridized carbons (Fsp3) is 0.208. The largest absolute Gasteiger partial charge is 0.490 e. The van der Waals surface area contributed by atoms with Crippen LogP contribution in [-0.2, 0) is 9.59 Å². The molecular weight excluding hydrogens is 482 g/mol. The Morgan fingerprint density at radius 2 is 1.81 bits per heavy atom. The van der Waals surface area contributed by atoms with Crippen molar-refractivity contribution in [1.82, 2.24) is 19.6 Å². The number of alkyl halides is 3. The first-order valence-corrected chi connectivity index (χ1v) is 10.7. The Labute approximate surface area is 202 Å². The quantitative estimate of drug-likeness (QED) is 0.359. The number of carbonyl (C=O) groups excluding carboxylic acids is 1. The number of aromatic nitrogens is 4. The van der Waals surface area contributed by atoms with E-state index in [1.807, 2.05) is 25.1 Å². The van der Waals surface area contributed by atoms with Gasteiger partial charge in [-0.05, 0) is 61.4 Å². The summed E-state index contributed by atoms with van der Waals surface area (Å²) in [6.45, 7) is 3.67. The van der Waals surface area contributed by atoms with Gasteiger partial charge in [0.15, 0.2) is 5.65 Å². The highest BCUT2D eigenvalue weighted by Gasteiger charge is 2.38. The number of carboxylic acid groups (broad SMARTS) is 1. The number of hydrogen-bond donors (Lipinski definition) is 2. The number of imidazole rings is 1. The van der Waals surface area contributed by atoms with Crippen molar-refractivity contribution in [2.75, 3.05) is 5.32 Å². The molecule has 2 N–H and O–H groups in total. The summed E-state index contributed by atoms with van der Waals surface area (Å²) in [6.07, 6.45) is -0.568. The monoisotopic (exact) mass is 503 g/mol. The first-order valence-electron chi connectivity index (χ1n) is 10.7. The molecule has 36 heavy (non-hydrogen) atoms. The molecule has 0 atom stereocenters. The third kappa shape index (κ3) is 6.20. The zero-order chi connectivity index (χ0) is 26.5. The molecule has 3 heterocycles. The molecule has 0 radical (unpaired) electrons. The minimum Gasteiger partial charge on any atom is -0.475 e. The molecule has 0 aliphatic heterocycles. The number of amides is 1. The van der Waals surface area contributed by atoms with Crippen LogP contribution in [0.4, 0.5) is 23.4 Å². The highest BCUT2D eigenvalue weighted by Crippen LogP contribution is 2.33. The van der Waals surface area contributed by atoms with Gasteiger partial charge in [0.25, 0.3) is 0 Å². The summed E-state index contributed by atoms with van der Waals surface area (Å²) in [5.41, 5.74) is 4.24. The van der Waals surface area contributed by atoms with Gasteiger partial charge in [-0.15, -0.1) is 0 Å². The van der Waals surface area contributed by atoms with Gasteiger partial charge >= 0.3 is 12.1 Å². The summed E-state index contributed by atoms with van der Waals surface area (Å²) >= 11 is 0. The third-order valence-corrected chi connectivity index (χ3v) is 4.84. The Hall–Kier alpha value is -4.35. The van der Waals surface area contributed by atoms with Gasteiger partial charge in [0.05, 0.1) is 5.69 Å². The normalized spacial score (nSPS) is 11.1. The van der Waals surface area contributed by atoms with Crippen molar-refractivity contribution in [3.8, 4) is 22.5 Å². The molecule has 0 spiro atoms. The molecule has 8 nitrogen and oxygen atoms in total. The van der Waals surface area contributed by atoms with Crippen LogP contribution in [-0.4, -0.2) is 42.7 Å². The zero-order valence-corrected chi connectivity index (χ0v) is 19.2. The first-order chi connectivity index (χ1) is 17.0. The standard InChI is InChI=1S/C22H20FN5O.C2HF3O2/c1-3-5-20(29)26-18-13-16(9-11-24-18)22-21(15-7-8-17(23)14(2)12-15)27-19-6-4-10-25-28(19)22;3-2(4,5)1(6)7/h4,6-13H,3,5H2,1-2H3,(H,24,26,29);(H,6,7). The Bertz CT molecular complexity index is 1400. The van der Waals surface area contributed by atoms with Crippen molar-refractivity contribution < 1.29 is 32.3 Å². The highest BCUT2D eigenvalue weighted by molar-refractivity contribution is 5.91. The van der Waals surface area contributed by atoms with Gasteiger partial charge in [-0.1, -0.05) is 6.92 Å². The van der Waals surface area contributed by atoms with E-state index in [-0.39, 0.29) is 11.7 Å². The van der Waals surface area contributed by atoms with Crippen molar-refractivity contribution in [2.45, 2.75) is 32.9 Å². The number of halogens is 4. The number of rotatable bonds is 5. The molecule has 0 saturated carbocycles. The van der Waals surface area contributed by atoms with Gasteiger partial charge in [-0.25, -0.2) is 23.7 Å². The first kappa shape index (κ1) is 26.3. The number of hydrogen-bond acceptors (Lipinski definition) is 5. The van der Waals surface area contributed by atoms with Crippen molar-refractivity contribution in [1.29, 1.82) is 0 Å². The van der Waals surface area contributed by atoms with Crippen LogP contribution in [0.5, 0.6) is 0 Å². The number of aryl methyl sites for hydroxylation is 1. The van der Waals surface area contributed by atoms with Crippen molar-refractivity contribution in [2.24, 2.45) is 0 Å². The molecule has 0 fully saturated rings. The highest BCUT2D eigenvalue weighted by atomic mass is 19.4. The Morgan fingerprint density at radius 3 is 2.44 bits per heavy atom. The summed E-state index contributed by atoms with van der Waals surface area (Å²) in [5.74, 6) is -2.63. The second-order valence-corrected chi connectivity index (χ2v) is 7.60. The van der Waals surface area contributed by atoms with Gasteiger partial charge in [0, 0.05) is 29.9 Å². The number of anilines is 1. The lowest BCUT2D eigenvalue weighted by Crippen LogP contribution is -2.21. The SMILES string of the molecule is CCCC(=O)Nc1cc(-c2c(-c3ccc(F)c(C)c3)nc3cccnn23)ccn1.O=C(O)C(F)(F)F. The summed E-state index contributed by atoms with van der Waals surface area (Å²) in [6, 6.07) is 12.2. The summed E-state index contributed by atoms with van der Waals surface area (Å²) < 4.78 is 47.3. The number of fused-ring (bicyclic) bond motifs is 1. The van der Waals surface area contributed by atoms with E-state index in [2.05, 4.69) is 15.4 Å². The molecule has 0 aliphatic rings. The van der Waals surface area contributed by atoms with Crippen molar-refractivity contribution in [3.63, 3.8) is 0 Å². The molecule has 0 saturated heterocycles. The van der Waals surface area contributed by atoms with Gasteiger partial charge < -0.3 is 10.4 Å². The average molecular weight is 503 g/mol. The number of aliphatic carboxylic acids is 1. The number of carbonyl (C=O) groups is 2. The molecule has 1 amide bonds. The van der Waals surface area contributed by atoms with E-state index in [9.17, 15) is 22.4 Å². The molecule has 12 heteroatoms. The molecule has 1 aromatic carbocycles. The smallest absolute Gasteiger partial charge is 0.475 e. The second-order valence-electron chi connectivity index (χ2n) is 7.60. The summed E-state index contributed by atoms with van der Waals surface area (Å²) in [5, 5.41) is 14.4. The molecule has 188 valence electrons. The minimum absolute atomic E-state index is 0.0807. The Balaban J connectivity index is 0.000000454. The number of nitrogens with one attached hydrogen (secondary N) is 1. The minimum atomic E-state index is -5.08. The van der Waals surface area contributed by atoms with Crippen molar-refractivity contribution >= 4 is 23.3 Å². The van der Waals surface area contributed by atoms with Gasteiger partial charge in [0.2, 0.25) is 5.91 Å². The zero-order valence-electron chi connectivity index (χ0n) is 19.2. The third-order valence-electron chi connectivity index (χ3n) is 4.84. The number of benzene rings is 1. The fourth-order valence-electron chi connectivity index (χ4n) is 3.22. The van der Waals surface area contributed by atoms with E-state index in [1.54, 1.807) is 42.0 Å². The van der Waals surface area contributed by atoms with E-state index in [1.165, 1.54) is 6.07 Å². The van der Waals surface area contributed by atoms with Crippen LogP contribution in [0, 0.1) is 12.7 Å². The van der Waals surface area contributed by atoms with E-state index in [4.69, 9.17) is 14.9 Å². The van der Waals surface area contributed by atoms with E-state index in [0.29, 0.717) is 29.1 Å². The number of nitrogens with zero attached hydrogens (tertiary/aromatic N) is 4. The van der Waals surface area contributed by atoms with Crippen molar-refractivity contribution in [3.05, 3.63) is 66.2 Å². The van der Waals surface area contributed by atoms with E-state index >= 15 is 0 Å². The predicted molar refractivity (Wildman–Crippen MR) is 124 cm³/mol. The van der Waals surface area contributed by atoms with Gasteiger partial charge in [0.1, 0.15) is 17.3 Å².